The van der Waals surface area contributed by atoms with Gasteiger partial charge in [-0.05, 0) is 18.2 Å². The van der Waals surface area contributed by atoms with Crippen molar-refractivity contribution >= 4 is 5.97 Å². The molecular weight excluding hydrogens is 234 g/mol. The number of pyridine rings is 1. The molecule has 6 nitrogen and oxygen atoms in total. The molecule has 92 valence electrons. The molecule has 18 heavy (non-hydrogen) atoms. The lowest BCUT2D eigenvalue weighted by atomic mass is 10.3. The summed E-state index contributed by atoms with van der Waals surface area (Å²) in [7, 11) is 1.47. The molecule has 0 radical (unpaired) electrons. The van der Waals surface area contributed by atoms with Crippen LogP contribution >= 0.6 is 0 Å². The van der Waals surface area contributed by atoms with Crippen molar-refractivity contribution in [3.63, 3.8) is 0 Å². The van der Waals surface area contributed by atoms with Crippen LogP contribution in [0.25, 0.3) is 0 Å². The van der Waals surface area contributed by atoms with Gasteiger partial charge in [-0.1, -0.05) is 6.07 Å². The van der Waals surface area contributed by atoms with Crippen LogP contribution in [-0.4, -0.2) is 20.7 Å². The van der Waals surface area contributed by atoms with Gasteiger partial charge in [0.1, 0.15) is 6.61 Å². The van der Waals surface area contributed by atoms with Crippen molar-refractivity contribution in [3.8, 4) is 0 Å². The van der Waals surface area contributed by atoms with Crippen LogP contribution in [0.3, 0.4) is 0 Å². The number of aryl methyl sites for hydroxylation is 1. The lowest BCUT2D eigenvalue weighted by molar-refractivity contribution is 0.0458. The molecule has 0 aliphatic heterocycles. The van der Waals surface area contributed by atoms with Crippen LogP contribution in [0.1, 0.15) is 16.2 Å². The van der Waals surface area contributed by atoms with E-state index in [0.717, 1.165) is 4.68 Å². The first kappa shape index (κ1) is 12.0. The zero-order chi connectivity index (χ0) is 13.0. The number of nitrogens with zero attached hydrogens (tertiary/aromatic N) is 3. The van der Waals surface area contributed by atoms with E-state index in [0.29, 0.717) is 5.69 Å². The lowest BCUT2D eigenvalue weighted by Crippen LogP contribution is -2.21. The summed E-state index contributed by atoms with van der Waals surface area (Å²) < 4.78 is 6.11. The second-order valence-electron chi connectivity index (χ2n) is 3.58. The van der Waals surface area contributed by atoms with Gasteiger partial charge in [-0.2, -0.15) is 5.10 Å². The first-order valence-corrected chi connectivity index (χ1v) is 5.28. The highest BCUT2D eigenvalue weighted by Crippen LogP contribution is 2.00. The van der Waals surface area contributed by atoms with Crippen LogP contribution in [0.2, 0.25) is 0 Å². The SMILES string of the molecule is Cn1nc(C(=O)OCc2ccccn2)ccc1=O. The third-order valence-corrected chi connectivity index (χ3v) is 2.25. The Morgan fingerprint density at radius 3 is 2.83 bits per heavy atom. The van der Waals surface area contributed by atoms with Gasteiger partial charge in [0.25, 0.3) is 5.56 Å². The van der Waals surface area contributed by atoms with Gasteiger partial charge in [0.2, 0.25) is 0 Å². The van der Waals surface area contributed by atoms with E-state index in [-0.39, 0.29) is 17.9 Å². The Kier molecular flexibility index (Phi) is 3.47. The Morgan fingerprint density at radius 2 is 2.17 bits per heavy atom. The smallest absolute Gasteiger partial charge is 0.359 e. The van der Waals surface area contributed by atoms with E-state index in [1.165, 1.54) is 19.2 Å². The van der Waals surface area contributed by atoms with Crippen molar-refractivity contribution in [2.45, 2.75) is 6.61 Å². The summed E-state index contributed by atoms with van der Waals surface area (Å²) in [6, 6.07) is 7.94. The van der Waals surface area contributed by atoms with Gasteiger partial charge in [0, 0.05) is 19.3 Å². The number of esters is 1. The average molecular weight is 245 g/mol. The molecule has 0 atom stereocenters. The normalized spacial score (nSPS) is 10.1. The second kappa shape index (κ2) is 5.22. The van der Waals surface area contributed by atoms with Crippen LogP contribution in [0.4, 0.5) is 0 Å². The molecule has 2 heterocycles. The minimum atomic E-state index is -0.587. The van der Waals surface area contributed by atoms with Gasteiger partial charge in [0.05, 0.1) is 5.69 Å². The number of rotatable bonds is 3. The number of hydrogen-bond acceptors (Lipinski definition) is 5. The fraction of sp³-hybridized carbons (Fsp3) is 0.167. The predicted octanol–water partition coefficient (Wildman–Crippen LogP) is 0.532. The van der Waals surface area contributed by atoms with Crippen LogP contribution in [-0.2, 0) is 18.4 Å². The van der Waals surface area contributed by atoms with E-state index in [1.54, 1.807) is 24.4 Å². The van der Waals surface area contributed by atoms with E-state index in [9.17, 15) is 9.59 Å². The minimum absolute atomic E-state index is 0.0736. The van der Waals surface area contributed by atoms with E-state index in [1.807, 2.05) is 0 Å². The van der Waals surface area contributed by atoms with Gasteiger partial charge in [-0.25, -0.2) is 9.48 Å². The standard InChI is InChI=1S/C12H11N3O3/c1-15-11(16)6-5-10(14-15)12(17)18-8-9-4-2-3-7-13-9/h2-7H,8H2,1H3. The first-order valence-electron chi connectivity index (χ1n) is 5.28. The number of aromatic nitrogens is 3. The molecule has 2 rings (SSSR count). The Bertz CT molecular complexity index is 607. The predicted molar refractivity (Wildman–Crippen MR) is 62.8 cm³/mol. The molecule has 0 saturated carbocycles. The van der Waals surface area contributed by atoms with Crippen LogP contribution in [0, 0.1) is 0 Å². The summed E-state index contributed by atoms with van der Waals surface area (Å²) in [5.74, 6) is -0.587. The summed E-state index contributed by atoms with van der Waals surface area (Å²) in [4.78, 5) is 26.8. The summed E-state index contributed by atoms with van der Waals surface area (Å²) in [5, 5.41) is 3.79. The topological polar surface area (TPSA) is 74.1 Å². The fourth-order valence-electron chi connectivity index (χ4n) is 1.31. The number of hydrogen-bond donors (Lipinski definition) is 0. The summed E-state index contributed by atoms with van der Waals surface area (Å²) in [6.45, 7) is 0.0736. The fourth-order valence-corrected chi connectivity index (χ4v) is 1.31. The van der Waals surface area contributed by atoms with Crippen molar-refractivity contribution < 1.29 is 9.53 Å². The summed E-state index contributed by atoms with van der Waals surface area (Å²) in [6.07, 6.45) is 1.62. The lowest BCUT2D eigenvalue weighted by Gasteiger charge is -2.04. The molecule has 0 aliphatic rings. The monoisotopic (exact) mass is 245 g/mol. The Labute approximate surface area is 103 Å². The Morgan fingerprint density at radius 1 is 1.33 bits per heavy atom. The van der Waals surface area contributed by atoms with Crippen molar-refractivity contribution in [2.75, 3.05) is 0 Å². The van der Waals surface area contributed by atoms with Gasteiger partial charge in [0.15, 0.2) is 5.69 Å². The number of ether oxygens (including phenoxy) is 1. The van der Waals surface area contributed by atoms with Crippen molar-refractivity contribution in [3.05, 3.63) is 58.3 Å². The van der Waals surface area contributed by atoms with E-state index in [4.69, 9.17) is 4.74 Å². The molecule has 0 amide bonds. The summed E-state index contributed by atoms with van der Waals surface area (Å²) >= 11 is 0. The highest BCUT2D eigenvalue weighted by molar-refractivity contribution is 5.86. The molecule has 0 aliphatic carbocycles. The molecule has 0 spiro atoms. The molecule has 6 heteroatoms. The molecule has 0 bridgehead atoms. The molecule has 0 N–H and O–H groups in total. The number of carbonyl (C=O) groups excluding carboxylic acids is 1. The van der Waals surface area contributed by atoms with Crippen LogP contribution in [0.15, 0.2) is 41.3 Å². The van der Waals surface area contributed by atoms with E-state index < -0.39 is 5.97 Å². The first-order chi connectivity index (χ1) is 8.66. The third-order valence-electron chi connectivity index (χ3n) is 2.25. The molecule has 0 saturated heterocycles. The molecule has 0 unspecified atom stereocenters. The van der Waals surface area contributed by atoms with Crippen molar-refractivity contribution in [1.29, 1.82) is 0 Å². The minimum Gasteiger partial charge on any atom is -0.454 e. The van der Waals surface area contributed by atoms with Crippen LogP contribution in [0.5, 0.6) is 0 Å². The maximum atomic E-state index is 11.7. The Hall–Kier alpha value is -2.50. The quantitative estimate of drug-likeness (QED) is 0.737. The molecular formula is C12H11N3O3. The van der Waals surface area contributed by atoms with Gasteiger partial charge in [-0.3, -0.25) is 9.78 Å². The summed E-state index contributed by atoms with van der Waals surface area (Å²) in [5.41, 5.74) is 0.458. The number of carbonyl (C=O) groups is 1. The van der Waals surface area contributed by atoms with Gasteiger partial charge in [-0.15, -0.1) is 0 Å². The molecule has 0 aromatic carbocycles. The van der Waals surface area contributed by atoms with E-state index in [2.05, 4.69) is 10.1 Å². The largest absolute Gasteiger partial charge is 0.454 e. The highest BCUT2D eigenvalue weighted by atomic mass is 16.5. The second-order valence-corrected chi connectivity index (χ2v) is 3.58. The van der Waals surface area contributed by atoms with Crippen LogP contribution < -0.4 is 5.56 Å². The molecule has 2 aromatic rings. The average Bonchev–Trinajstić information content (AvgIpc) is 2.40. The third kappa shape index (κ3) is 2.79. The Balaban J connectivity index is 2.04. The maximum Gasteiger partial charge on any atom is 0.359 e. The van der Waals surface area contributed by atoms with Crippen molar-refractivity contribution in [1.82, 2.24) is 14.8 Å². The maximum absolute atomic E-state index is 11.7. The zero-order valence-corrected chi connectivity index (χ0v) is 9.74. The molecule has 0 fully saturated rings. The molecule has 2 aromatic heterocycles. The zero-order valence-electron chi connectivity index (χ0n) is 9.74. The van der Waals surface area contributed by atoms with Gasteiger partial charge >= 0.3 is 5.97 Å². The van der Waals surface area contributed by atoms with Crippen molar-refractivity contribution in [2.24, 2.45) is 7.05 Å². The highest BCUT2D eigenvalue weighted by Gasteiger charge is 2.10. The van der Waals surface area contributed by atoms with E-state index >= 15 is 0 Å². The van der Waals surface area contributed by atoms with Gasteiger partial charge < -0.3 is 4.74 Å².